The molecule has 0 fully saturated rings. The molecule has 0 aliphatic rings. The number of nitrogens with zero attached hydrogens (tertiary/aromatic N) is 5. The van der Waals surface area contributed by atoms with Crippen molar-refractivity contribution >= 4 is 5.91 Å². The molecule has 3 heterocycles. The van der Waals surface area contributed by atoms with E-state index in [-0.39, 0.29) is 5.91 Å². The van der Waals surface area contributed by atoms with Gasteiger partial charge < -0.3 is 14.7 Å². The molecule has 174 valence electrons. The molecule has 4 rings (SSSR count). The number of nitrogens with one attached hydrogen (secondary N) is 1. The zero-order valence-electron chi connectivity index (χ0n) is 19.8. The van der Waals surface area contributed by atoms with Crippen molar-refractivity contribution in [3.8, 4) is 34.0 Å². The van der Waals surface area contributed by atoms with E-state index in [2.05, 4.69) is 20.4 Å². The molecular formula is C26H28N6O2. The third-order valence-electron chi connectivity index (χ3n) is 5.57. The van der Waals surface area contributed by atoms with E-state index in [1.165, 1.54) is 0 Å². The lowest BCUT2D eigenvalue weighted by Crippen LogP contribution is -2.43. The van der Waals surface area contributed by atoms with Crippen LogP contribution >= 0.6 is 0 Å². The molecule has 0 aliphatic carbocycles. The van der Waals surface area contributed by atoms with Gasteiger partial charge in [-0.25, -0.2) is 4.98 Å². The van der Waals surface area contributed by atoms with Gasteiger partial charge in [-0.05, 0) is 40.1 Å². The zero-order valence-corrected chi connectivity index (χ0v) is 19.8. The molecule has 0 bridgehead atoms. The predicted octanol–water partition coefficient (Wildman–Crippen LogP) is 3.82. The number of likely N-dealkylation sites (N-methyl/N-ethyl adjacent to an activating group) is 1. The third kappa shape index (κ3) is 5.18. The molecule has 1 N–H and O–H groups in total. The molecule has 0 atom stereocenters. The van der Waals surface area contributed by atoms with Crippen LogP contribution in [0.25, 0.3) is 34.0 Å². The molecule has 0 spiro atoms. The van der Waals surface area contributed by atoms with Gasteiger partial charge in [-0.15, -0.1) is 0 Å². The Morgan fingerprint density at radius 2 is 1.76 bits per heavy atom. The van der Waals surface area contributed by atoms with E-state index in [4.69, 9.17) is 9.51 Å². The van der Waals surface area contributed by atoms with Gasteiger partial charge in [0.05, 0.1) is 29.2 Å². The van der Waals surface area contributed by atoms with E-state index in [1.807, 2.05) is 81.4 Å². The molecule has 0 unspecified atom stereocenters. The number of carbonyl (C=O) groups is 1. The molecule has 0 radical (unpaired) electrons. The molecule has 3 aromatic heterocycles. The lowest BCUT2D eigenvalue weighted by atomic mass is 9.86. The average Bonchev–Trinajstić information content (AvgIpc) is 3.35. The number of pyridine rings is 1. The molecule has 34 heavy (non-hydrogen) atoms. The largest absolute Gasteiger partial charge is 0.354 e. The van der Waals surface area contributed by atoms with Gasteiger partial charge in [0.1, 0.15) is 11.4 Å². The van der Waals surface area contributed by atoms with Crippen LogP contribution in [0.2, 0.25) is 0 Å². The SMILES string of the molecule is CN(C)CCNC(=O)C(C)(C)c1cc(-c2cncc(-c3cc(-c4ccccc4)no3)n2)ccn1. The van der Waals surface area contributed by atoms with Crippen molar-refractivity contribution in [3.63, 3.8) is 0 Å². The smallest absolute Gasteiger partial charge is 0.231 e. The fourth-order valence-electron chi connectivity index (χ4n) is 3.43. The maximum Gasteiger partial charge on any atom is 0.231 e. The quantitative estimate of drug-likeness (QED) is 0.430. The topological polar surface area (TPSA) is 97.0 Å². The highest BCUT2D eigenvalue weighted by molar-refractivity contribution is 5.87. The van der Waals surface area contributed by atoms with Crippen LogP contribution in [0.4, 0.5) is 0 Å². The highest BCUT2D eigenvalue weighted by atomic mass is 16.5. The minimum Gasteiger partial charge on any atom is -0.354 e. The summed E-state index contributed by atoms with van der Waals surface area (Å²) in [5, 5.41) is 7.16. The maximum atomic E-state index is 12.8. The van der Waals surface area contributed by atoms with E-state index in [9.17, 15) is 4.79 Å². The van der Waals surface area contributed by atoms with Gasteiger partial charge >= 0.3 is 0 Å². The van der Waals surface area contributed by atoms with Crippen LogP contribution in [0.3, 0.4) is 0 Å². The number of aromatic nitrogens is 4. The molecule has 0 saturated heterocycles. The van der Waals surface area contributed by atoms with Gasteiger partial charge in [-0.2, -0.15) is 0 Å². The Hall–Kier alpha value is -3.91. The first-order valence-electron chi connectivity index (χ1n) is 11.1. The fourth-order valence-corrected chi connectivity index (χ4v) is 3.43. The van der Waals surface area contributed by atoms with E-state index in [0.717, 1.165) is 23.4 Å². The fraction of sp³-hybridized carbons (Fsp3) is 0.269. The van der Waals surface area contributed by atoms with Gasteiger partial charge in [0.15, 0.2) is 5.76 Å². The Morgan fingerprint density at radius 1 is 1.00 bits per heavy atom. The first-order valence-corrected chi connectivity index (χ1v) is 11.1. The Kier molecular flexibility index (Phi) is 6.79. The second-order valence-corrected chi connectivity index (χ2v) is 8.85. The van der Waals surface area contributed by atoms with Gasteiger partial charge in [-0.1, -0.05) is 35.5 Å². The number of hydrogen-bond acceptors (Lipinski definition) is 7. The van der Waals surface area contributed by atoms with E-state index in [0.29, 0.717) is 29.4 Å². The van der Waals surface area contributed by atoms with Crippen LogP contribution in [0.1, 0.15) is 19.5 Å². The van der Waals surface area contributed by atoms with Crippen molar-refractivity contribution in [3.05, 3.63) is 72.8 Å². The lowest BCUT2D eigenvalue weighted by molar-refractivity contribution is -0.125. The first-order chi connectivity index (χ1) is 16.3. The minimum absolute atomic E-state index is 0.0751. The van der Waals surface area contributed by atoms with Crippen LogP contribution < -0.4 is 5.32 Å². The molecule has 1 amide bonds. The summed E-state index contributed by atoms with van der Waals surface area (Å²) in [6.07, 6.45) is 5.01. The summed E-state index contributed by atoms with van der Waals surface area (Å²) < 4.78 is 5.54. The van der Waals surface area contributed by atoms with Crippen molar-refractivity contribution in [2.24, 2.45) is 0 Å². The molecular weight excluding hydrogens is 428 g/mol. The molecule has 0 saturated carbocycles. The van der Waals surface area contributed by atoms with Crippen molar-refractivity contribution in [1.29, 1.82) is 0 Å². The maximum absolute atomic E-state index is 12.8. The summed E-state index contributed by atoms with van der Waals surface area (Å²) in [4.78, 5) is 28.4. The predicted molar refractivity (Wildman–Crippen MR) is 131 cm³/mol. The summed E-state index contributed by atoms with van der Waals surface area (Å²) in [6, 6.07) is 15.4. The summed E-state index contributed by atoms with van der Waals surface area (Å²) in [5.74, 6) is 0.456. The highest BCUT2D eigenvalue weighted by Gasteiger charge is 2.31. The van der Waals surface area contributed by atoms with Crippen molar-refractivity contribution in [2.75, 3.05) is 27.2 Å². The van der Waals surface area contributed by atoms with E-state index < -0.39 is 5.41 Å². The van der Waals surface area contributed by atoms with Crippen molar-refractivity contribution in [2.45, 2.75) is 19.3 Å². The van der Waals surface area contributed by atoms with Crippen LogP contribution in [-0.2, 0) is 10.2 Å². The second kappa shape index (κ2) is 9.93. The average molecular weight is 457 g/mol. The molecule has 8 nitrogen and oxygen atoms in total. The summed E-state index contributed by atoms with van der Waals surface area (Å²) in [7, 11) is 3.94. The highest BCUT2D eigenvalue weighted by Crippen LogP contribution is 2.28. The van der Waals surface area contributed by atoms with E-state index in [1.54, 1.807) is 18.6 Å². The van der Waals surface area contributed by atoms with Gasteiger partial charge in [0, 0.05) is 36.5 Å². The summed E-state index contributed by atoms with van der Waals surface area (Å²) in [6.45, 7) is 5.08. The van der Waals surface area contributed by atoms with Crippen LogP contribution in [0.15, 0.2) is 71.6 Å². The Labute approximate surface area is 199 Å². The normalized spacial score (nSPS) is 11.6. The number of amides is 1. The second-order valence-electron chi connectivity index (χ2n) is 8.85. The van der Waals surface area contributed by atoms with Crippen molar-refractivity contribution < 1.29 is 9.32 Å². The Morgan fingerprint density at radius 3 is 2.53 bits per heavy atom. The minimum atomic E-state index is -0.803. The lowest BCUT2D eigenvalue weighted by Gasteiger charge is -2.24. The van der Waals surface area contributed by atoms with Crippen molar-refractivity contribution in [1.82, 2.24) is 30.3 Å². The Bertz CT molecular complexity index is 1270. The number of hydrogen-bond donors (Lipinski definition) is 1. The van der Waals surface area contributed by atoms with Gasteiger partial charge in [-0.3, -0.25) is 14.8 Å². The molecule has 4 aromatic rings. The summed E-state index contributed by atoms with van der Waals surface area (Å²) >= 11 is 0. The standard InChI is InChI=1S/C26H28N6O2/c1-26(2,25(33)29-12-13-32(3)4)24-14-19(10-11-28-24)21-16-27-17-22(30-21)23-15-20(31-34-23)18-8-6-5-7-9-18/h5-11,14-17H,12-13H2,1-4H3,(H,29,33). The molecule has 1 aromatic carbocycles. The number of rotatable bonds is 8. The number of benzene rings is 1. The zero-order chi connectivity index (χ0) is 24.1. The molecule has 8 heteroatoms. The Balaban J connectivity index is 1.57. The summed E-state index contributed by atoms with van der Waals surface area (Å²) in [5.41, 5.74) is 3.60. The number of carbonyl (C=O) groups excluding carboxylic acids is 1. The van der Waals surface area contributed by atoms with Gasteiger partial charge in [0.2, 0.25) is 5.91 Å². The van der Waals surface area contributed by atoms with Crippen LogP contribution in [-0.4, -0.2) is 58.1 Å². The monoisotopic (exact) mass is 456 g/mol. The third-order valence-corrected chi connectivity index (χ3v) is 5.57. The van der Waals surface area contributed by atoms with E-state index >= 15 is 0 Å². The first kappa shape index (κ1) is 23.3. The van der Waals surface area contributed by atoms with Crippen LogP contribution in [0, 0.1) is 0 Å². The van der Waals surface area contributed by atoms with Gasteiger partial charge in [0.25, 0.3) is 0 Å². The van der Waals surface area contributed by atoms with Crippen LogP contribution in [0.5, 0.6) is 0 Å². The molecule has 0 aliphatic heterocycles.